The summed E-state index contributed by atoms with van der Waals surface area (Å²) >= 11 is 0. The molecule has 5 fully saturated rings. The number of fused-ring (bicyclic) bond motifs is 1. The summed E-state index contributed by atoms with van der Waals surface area (Å²) in [5.74, 6) is 4.34. The molecule has 442 valence electrons. The van der Waals surface area contributed by atoms with Crippen LogP contribution >= 0.6 is 0 Å². The molecular formula is C63H118O12. The highest BCUT2D eigenvalue weighted by Crippen LogP contribution is 2.39. The monoisotopic (exact) mass is 1070 g/mol. The van der Waals surface area contributed by atoms with Crippen molar-refractivity contribution in [3.63, 3.8) is 0 Å². The second kappa shape index (κ2) is 41.5. The van der Waals surface area contributed by atoms with Crippen LogP contribution < -0.4 is 0 Å². The average molecular weight is 1070 g/mol. The van der Waals surface area contributed by atoms with Crippen molar-refractivity contribution in [1.29, 1.82) is 0 Å². The minimum absolute atomic E-state index is 0.131. The van der Waals surface area contributed by atoms with Gasteiger partial charge < -0.3 is 58.0 Å². The lowest BCUT2D eigenvalue weighted by Crippen LogP contribution is -2.29. The summed E-state index contributed by atoms with van der Waals surface area (Å²) in [4.78, 5) is 0. The van der Waals surface area contributed by atoms with Crippen LogP contribution in [0, 0.1) is 53.3 Å². The molecule has 14 atom stereocenters. The highest BCUT2D eigenvalue weighted by Gasteiger charge is 2.43. The maximum Gasteiger partial charge on any atom is 0.0845 e. The summed E-state index contributed by atoms with van der Waals surface area (Å²) in [6.07, 6.45) is 33.6. The van der Waals surface area contributed by atoms with E-state index in [0.29, 0.717) is 65.5 Å². The Hall–Kier alpha value is -0.480. The molecule has 0 aromatic carbocycles. The third-order valence-corrected chi connectivity index (χ3v) is 18.1. The molecule has 5 aliphatic rings. The van der Waals surface area contributed by atoms with Gasteiger partial charge in [0.05, 0.1) is 30.5 Å². The molecule has 12 heteroatoms. The molecule has 5 rings (SSSR count). The fourth-order valence-electron chi connectivity index (χ4n) is 12.7. The van der Waals surface area contributed by atoms with Gasteiger partial charge in [0.15, 0.2) is 0 Å². The van der Waals surface area contributed by atoms with Crippen molar-refractivity contribution in [1.82, 2.24) is 0 Å². The maximum absolute atomic E-state index is 10.1. The van der Waals surface area contributed by atoms with Crippen molar-refractivity contribution in [3.8, 4) is 0 Å². The van der Waals surface area contributed by atoms with Crippen LogP contribution in [0.1, 0.15) is 213 Å². The van der Waals surface area contributed by atoms with Gasteiger partial charge in [0.1, 0.15) is 0 Å². The number of hydrogen-bond acceptors (Lipinski definition) is 12. The Morgan fingerprint density at radius 3 is 0.933 bits per heavy atom. The quantitative estimate of drug-likeness (QED) is 0.0394. The molecule has 0 spiro atoms. The normalized spacial score (nSPS) is 29.8. The molecular weight excluding hydrogens is 949 g/mol. The van der Waals surface area contributed by atoms with Gasteiger partial charge in [-0.3, -0.25) is 0 Å². The van der Waals surface area contributed by atoms with Gasteiger partial charge in [-0.05, 0) is 195 Å². The number of aliphatic hydroxyl groups excluding tert-OH is 3. The predicted molar refractivity (Wildman–Crippen MR) is 300 cm³/mol. The fourth-order valence-corrected chi connectivity index (χ4v) is 12.7. The molecule has 14 unspecified atom stereocenters. The number of aliphatic hydroxyl groups is 3. The molecule has 0 radical (unpaired) electrons. The number of unbranched alkanes of at least 4 members (excludes halogenated alkanes) is 12. The Labute approximate surface area is 459 Å². The predicted octanol–water partition coefficient (Wildman–Crippen LogP) is 12.3. The van der Waals surface area contributed by atoms with Crippen molar-refractivity contribution < 1.29 is 58.0 Å². The van der Waals surface area contributed by atoms with Crippen LogP contribution in [-0.2, 0) is 42.6 Å². The molecule has 1 heterocycles. The van der Waals surface area contributed by atoms with Crippen LogP contribution in [0.3, 0.4) is 0 Å². The van der Waals surface area contributed by atoms with Gasteiger partial charge in [-0.2, -0.15) is 0 Å². The number of ether oxygens (including phenoxy) is 9. The van der Waals surface area contributed by atoms with Crippen molar-refractivity contribution in [3.05, 3.63) is 0 Å². The van der Waals surface area contributed by atoms with Crippen molar-refractivity contribution in [2.24, 2.45) is 53.3 Å². The molecule has 4 saturated carbocycles. The van der Waals surface area contributed by atoms with Gasteiger partial charge in [0.25, 0.3) is 0 Å². The van der Waals surface area contributed by atoms with E-state index < -0.39 is 0 Å². The first-order valence-corrected chi connectivity index (χ1v) is 32.1. The second-order valence-electron chi connectivity index (χ2n) is 25.0. The van der Waals surface area contributed by atoms with E-state index in [4.69, 9.17) is 42.6 Å². The van der Waals surface area contributed by atoms with Crippen LogP contribution in [0.2, 0.25) is 0 Å². The molecule has 12 nitrogen and oxygen atoms in total. The van der Waals surface area contributed by atoms with E-state index in [1.807, 2.05) is 0 Å². The van der Waals surface area contributed by atoms with Gasteiger partial charge in [-0.1, -0.05) is 72.1 Å². The summed E-state index contributed by atoms with van der Waals surface area (Å²) in [5, 5.41) is 30.2. The average Bonchev–Trinajstić information content (AvgIpc) is 4.19. The van der Waals surface area contributed by atoms with E-state index >= 15 is 0 Å². The molecule has 1 aliphatic heterocycles. The van der Waals surface area contributed by atoms with Crippen molar-refractivity contribution >= 4 is 0 Å². The summed E-state index contributed by atoms with van der Waals surface area (Å²) in [6, 6.07) is 0. The third kappa shape index (κ3) is 30.2. The number of hydrogen-bond donors (Lipinski definition) is 3. The van der Waals surface area contributed by atoms with Gasteiger partial charge >= 0.3 is 0 Å². The lowest BCUT2D eigenvalue weighted by atomic mass is 9.81. The maximum atomic E-state index is 10.1. The van der Waals surface area contributed by atoms with Gasteiger partial charge in [-0.15, -0.1) is 0 Å². The lowest BCUT2D eigenvalue weighted by molar-refractivity contribution is -0.000434. The Balaban J connectivity index is 0.977. The molecule has 4 aliphatic carbocycles. The topological polar surface area (TPSA) is 147 Å². The molecule has 0 aromatic rings. The first-order chi connectivity index (χ1) is 36.7. The minimum atomic E-state index is -0.134. The van der Waals surface area contributed by atoms with Crippen LogP contribution in [0.25, 0.3) is 0 Å². The SMILES string of the molecule is CC1CC(COCCCCCCOCCC(COCCCCCCOCC2CCC(O)C(C)C2)C(CCOCCCCCCOCC2CCC3OC3C2)COCCCCCCOCC2CCC(O)C(C)C2)CCC1O. The zero-order valence-corrected chi connectivity index (χ0v) is 48.6. The second-order valence-corrected chi connectivity index (χ2v) is 25.0. The number of rotatable bonds is 47. The summed E-state index contributed by atoms with van der Waals surface area (Å²) in [5.41, 5.74) is 0. The molecule has 75 heavy (non-hydrogen) atoms. The first kappa shape index (κ1) is 65.3. The van der Waals surface area contributed by atoms with E-state index in [1.54, 1.807) is 0 Å². The Kier molecular flexibility index (Phi) is 36.2. The van der Waals surface area contributed by atoms with Crippen LogP contribution in [0.5, 0.6) is 0 Å². The van der Waals surface area contributed by atoms with Crippen molar-refractivity contribution in [2.75, 3.05) is 106 Å². The standard InChI is InChI=1S/C63H118O12/c1-50-40-53(20-24-59(50)64)44-69-32-14-6-4-12-30-67-38-28-57(48-73-36-18-10-8-16-33-70-45-54-21-25-60(65)51(2)41-54)58(49-74-37-19-11-9-17-34-71-46-55-22-26-61(66)52(3)42-55)29-39-68-31-13-5-7-15-35-72-47-56-23-27-62-63(43-56)75-62/h50-66H,4-49H2,1-3H3. The largest absolute Gasteiger partial charge is 0.393 e. The van der Waals surface area contributed by atoms with Crippen LogP contribution in [0.4, 0.5) is 0 Å². The van der Waals surface area contributed by atoms with Gasteiger partial charge in [0.2, 0.25) is 0 Å². The summed E-state index contributed by atoms with van der Waals surface area (Å²) in [7, 11) is 0. The fraction of sp³-hybridized carbons (Fsp3) is 1.00. The third-order valence-electron chi connectivity index (χ3n) is 18.1. The highest BCUT2D eigenvalue weighted by molar-refractivity contribution is 4.91. The number of epoxide rings is 1. The Morgan fingerprint density at radius 2 is 0.613 bits per heavy atom. The highest BCUT2D eigenvalue weighted by atomic mass is 16.6. The molecule has 1 saturated heterocycles. The lowest BCUT2D eigenvalue weighted by Gasteiger charge is -2.30. The molecule has 0 bridgehead atoms. The Bertz CT molecular complexity index is 1330. The molecule has 3 N–H and O–H groups in total. The van der Waals surface area contributed by atoms with E-state index in [-0.39, 0.29) is 18.3 Å². The first-order valence-electron chi connectivity index (χ1n) is 32.1. The van der Waals surface area contributed by atoms with E-state index in [0.717, 1.165) is 260 Å². The van der Waals surface area contributed by atoms with E-state index in [2.05, 4.69) is 20.8 Å². The zero-order chi connectivity index (χ0) is 53.0. The minimum Gasteiger partial charge on any atom is -0.393 e. The van der Waals surface area contributed by atoms with Gasteiger partial charge in [0, 0.05) is 106 Å². The summed E-state index contributed by atoms with van der Waals surface area (Å²) < 4.78 is 55.6. The molecule has 0 amide bonds. The zero-order valence-electron chi connectivity index (χ0n) is 48.6. The smallest absolute Gasteiger partial charge is 0.0845 e. The van der Waals surface area contributed by atoms with Gasteiger partial charge in [-0.25, -0.2) is 0 Å². The van der Waals surface area contributed by atoms with Crippen LogP contribution in [-0.4, -0.2) is 152 Å². The van der Waals surface area contributed by atoms with E-state index in [9.17, 15) is 15.3 Å². The Morgan fingerprint density at radius 1 is 0.320 bits per heavy atom. The summed E-state index contributed by atoms with van der Waals surface area (Å²) in [6.45, 7) is 19.4. The molecule has 0 aromatic heterocycles. The van der Waals surface area contributed by atoms with Crippen LogP contribution in [0.15, 0.2) is 0 Å². The van der Waals surface area contributed by atoms with Crippen molar-refractivity contribution in [2.45, 2.75) is 244 Å². The van der Waals surface area contributed by atoms with E-state index in [1.165, 1.54) is 38.5 Å².